The Morgan fingerprint density at radius 3 is 2.19 bits per heavy atom. The molecule has 0 amide bonds. The van der Waals surface area contributed by atoms with Crippen LogP contribution in [0.15, 0.2) is 21.5 Å². The molecular weight excluding hydrogens is 366 g/mol. The predicted octanol–water partition coefficient (Wildman–Crippen LogP) is 0.431. The first-order valence-electron chi connectivity index (χ1n) is 6.01. The Morgan fingerprint density at radius 1 is 1.24 bits per heavy atom. The van der Waals surface area contributed by atoms with Crippen molar-refractivity contribution in [2.45, 2.75) is 11.8 Å². The number of aromatic carboxylic acids is 1. The Bertz CT molecular complexity index is 625. The SMILES string of the molecule is Cc1c(Br)cc(C(=O)O)cc1S(=O)(=O)N(CCO)CCO. The first-order chi connectivity index (χ1) is 9.75. The van der Waals surface area contributed by atoms with E-state index >= 15 is 0 Å². The van der Waals surface area contributed by atoms with Crippen LogP contribution in [0.2, 0.25) is 0 Å². The van der Waals surface area contributed by atoms with Crippen LogP contribution in [0.5, 0.6) is 0 Å². The van der Waals surface area contributed by atoms with Gasteiger partial charge in [0.1, 0.15) is 0 Å². The highest BCUT2D eigenvalue weighted by Crippen LogP contribution is 2.28. The van der Waals surface area contributed by atoms with Gasteiger partial charge in [0.15, 0.2) is 0 Å². The first-order valence-corrected chi connectivity index (χ1v) is 8.24. The Labute approximate surface area is 131 Å². The largest absolute Gasteiger partial charge is 0.478 e. The Balaban J connectivity index is 3.45. The minimum Gasteiger partial charge on any atom is -0.478 e. The second kappa shape index (κ2) is 7.32. The molecule has 118 valence electrons. The number of aliphatic hydroxyl groups excluding tert-OH is 2. The van der Waals surface area contributed by atoms with Gasteiger partial charge in [0, 0.05) is 17.6 Å². The highest BCUT2D eigenvalue weighted by Gasteiger charge is 2.27. The zero-order valence-corrected chi connectivity index (χ0v) is 13.7. The summed E-state index contributed by atoms with van der Waals surface area (Å²) in [5.41, 5.74) is 0.194. The van der Waals surface area contributed by atoms with E-state index in [0.29, 0.717) is 10.0 Å². The molecule has 1 aromatic carbocycles. The van der Waals surface area contributed by atoms with Gasteiger partial charge < -0.3 is 15.3 Å². The standard InChI is InChI=1S/C12H16BrNO6S/c1-8-10(13)6-9(12(17)18)7-11(8)21(19,20)14(2-4-15)3-5-16/h6-7,15-16H,2-5H2,1H3,(H,17,18). The molecule has 0 aliphatic rings. The number of aliphatic hydroxyl groups is 2. The molecule has 0 atom stereocenters. The average Bonchev–Trinajstić information content (AvgIpc) is 2.40. The molecular formula is C12H16BrNO6S. The number of nitrogens with zero attached hydrogens (tertiary/aromatic N) is 1. The van der Waals surface area contributed by atoms with E-state index < -0.39 is 29.2 Å². The van der Waals surface area contributed by atoms with Crippen molar-refractivity contribution in [3.8, 4) is 0 Å². The van der Waals surface area contributed by atoms with Gasteiger partial charge in [-0.3, -0.25) is 0 Å². The lowest BCUT2D eigenvalue weighted by Gasteiger charge is -2.22. The predicted molar refractivity (Wildman–Crippen MR) is 78.8 cm³/mol. The summed E-state index contributed by atoms with van der Waals surface area (Å²) in [5, 5.41) is 26.9. The lowest BCUT2D eigenvalue weighted by molar-refractivity contribution is 0.0696. The first kappa shape index (κ1) is 18.1. The molecule has 0 fully saturated rings. The maximum absolute atomic E-state index is 12.6. The molecule has 0 spiro atoms. The molecule has 1 aromatic rings. The third-order valence-electron chi connectivity index (χ3n) is 2.86. The summed E-state index contributed by atoms with van der Waals surface area (Å²) >= 11 is 3.14. The lowest BCUT2D eigenvalue weighted by atomic mass is 10.1. The fraction of sp³-hybridized carbons (Fsp3) is 0.417. The van der Waals surface area contributed by atoms with Gasteiger partial charge in [-0.25, -0.2) is 13.2 Å². The monoisotopic (exact) mass is 381 g/mol. The number of hydrogen-bond donors (Lipinski definition) is 3. The van der Waals surface area contributed by atoms with Crippen LogP contribution in [-0.4, -0.2) is 60.3 Å². The van der Waals surface area contributed by atoms with Gasteiger partial charge >= 0.3 is 5.97 Å². The van der Waals surface area contributed by atoms with Crippen molar-refractivity contribution < 1.29 is 28.5 Å². The molecule has 21 heavy (non-hydrogen) atoms. The molecule has 0 aliphatic heterocycles. The topological polar surface area (TPSA) is 115 Å². The number of sulfonamides is 1. The minimum atomic E-state index is -4.01. The number of carbonyl (C=O) groups is 1. The van der Waals surface area contributed by atoms with E-state index in [1.54, 1.807) is 6.92 Å². The summed E-state index contributed by atoms with van der Waals surface area (Å²) in [6.07, 6.45) is 0. The summed E-state index contributed by atoms with van der Waals surface area (Å²) in [6, 6.07) is 2.39. The Hall–Kier alpha value is -1.00. The van der Waals surface area contributed by atoms with E-state index in [-0.39, 0.29) is 23.5 Å². The molecule has 0 radical (unpaired) electrons. The second-order valence-corrected chi connectivity index (χ2v) is 7.00. The van der Waals surface area contributed by atoms with Crippen molar-refractivity contribution in [3.05, 3.63) is 27.7 Å². The zero-order valence-electron chi connectivity index (χ0n) is 11.3. The van der Waals surface area contributed by atoms with Crippen LogP contribution in [0.1, 0.15) is 15.9 Å². The Kier molecular flexibility index (Phi) is 6.29. The molecule has 0 aromatic heterocycles. The molecule has 7 nitrogen and oxygen atoms in total. The van der Waals surface area contributed by atoms with Crippen LogP contribution in [0.25, 0.3) is 0 Å². The lowest BCUT2D eigenvalue weighted by Crippen LogP contribution is -2.36. The van der Waals surface area contributed by atoms with Crippen molar-refractivity contribution in [2.75, 3.05) is 26.3 Å². The normalized spacial score (nSPS) is 11.9. The Morgan fingerprint density at radius 2 is 1.76 bits per heavy atom. The molecule has 3 N–H and O–H groups in total. The third-order valence-corrected chi connectivity index (χ3v) is 5.71. The number of rotatable bonds is 7. The fourth-order valence-corrected chi connectivity index (χ4v) is 4.05. The van der Waals surface area contributed by atoms with E-state index in [4.69, 9.17) is 15.3 Å². The molecule has 0 heterocycles. The quantitative estimate of drug-likeness (QED) is 0.630. The molecule has 0 unspecified atom stereocenters. The van der Waals surface area contributed by atoms with Crippen LogP contribution in [0, 0.1) is 6.92 Å². The third kappa shape index (κ3) is 4.01. The summed E-state index contributed by atoms with van der Waals surface area (Å²) < 4.78 is 26.4. The summed E-state index contributed by atoms with van der Waals surface area (Å²) in [4.78, 5) is 10.9. The van der Waals surface area contributed by atoms with Gasteiger partial charge in [-0.1, -0.05) is 15.9 Å². The van der Waals surface area contributed by atoms with Gasteiger partial charge in [-0.2, -0.15) is 4.31 Å². The molecule has 0 aliphatic carbocycles. The number of benzene rings is 1. The van der Waals surface area contributed by atoms with E-state index in [1.807, 2.05) is 0 Å². The highest BCUT2D eigenvalue weighted by atomic mass is 79.9. The number of carboxylic acids is 1. The van der Waals surface area contributed by atoms with E-state index in [1.165, 1.54) is 6.07 Å². The molecule has 1 rings (SSSR count). The van der Waals surface area contributed by atoms with Crippen molar-refractivity contribution in [1.82, 2.24) is 4.31 Å². The van der Waals surface area contributed by atoms with Gasteiger partial charge in [0.05, 0.1) is 23.7 Å². The molecule has 0 saturated heterocycles. The van der Waals surface area contributed by atoms with Gasteiger partial charge in [-0.15, -0.1) is 0 Å². The zero-order chi connectivity index (χ0) is 16.2. The molecule has 0 saturated carbocycles. The van der Waals surface area contributed by atoms with Gasteiger partial charge in [0.25, 0.3) is 0 Å². The summed E-state index contributed by atoms with van der Waals surface area (Å²) in [6.45, 7) is 0.364. The number of hydrogen-bond acceptors (Lipinski definition) is 5. The second-order valence-electron chi connectivity index (χ2n) is 4.24. The van der Waals surface area contributed by atoms with Crippen LogP contribution in [0.3, 0.4) is 0 Å². The summed E-state index contributed by atoms with van der Waals surface area (Å²) in [5.74, 6) is -1.25. The van der Waals surface area contributed by atoms with Crippen molar-refractivity contribution in [3.63, 3.8) is 0 Å². The smallest absolute Gasteiger partial charge is 0.335 e. The van der Waals surface area contributed by atoms with Crippen molar-refractivity contribution in [2.24, 2.45) is 0 Å². The number of halogens is 1. The van der Waals surface area contributed by atoms with Crippen molar-refractivity contribution in [1.29, 1.82) is 0 Å². The van der Waals surface area contributed by atoms with E-state index in [2.05, 4.69) is 15.9 Å². The maximum Gasteiger partial charge on any atom is 0.335 e. The van der Waals surface area contributed by atoms with Crippen LogP contribution in [0.4, 0.5) is 0 Å². The van der Waals surface area contributed by atoms with Crippen LogP contribution in [-0.2, 0) is 10.0 Å². The maximum atomic E-state index is 12.6. The van der Waals surface area contributed by atoms with Gasteiger partial charge in [0.2, 0.25) is 10.0 Å². The fourth-order valence-electron chi connectivity index (χ4n) is 1.76. The van der Waals surface area contributed by atoms with Crippen LogP contribution >= 0.6 is 15.9 Å². The number of carboxylic acid groups (broad SMARTS) is 1. The van der Waals surface area contributed by atoms with E-state index in [0.717, 1.165) is 10.4 Å². The minimum absolute atomic E-state index is 0.168. The van der Waals surface area contributed by atoms with E-state index in [9.17, 15) is 13.2 Å². The summed E-state index contributed by atoms with van der Waals surface area (Å²) in [7, 11) is -4.01. The van der Waals surface area contributed by atoms with Crippen molar-refractivity contribution >= 4 is 31.9 Å². The van der Waals surface area contributed by atoms with Crippen LogP contribution < -0.4 is 0 Å². The average molecular weight is 382 g/mol. The van der Waals surface area contributed by atoms with Gasteiger partial charge in [-0.05, 0) is 24.6 Å². The highest BCUT2D eigenvalue weighted by molar-refractivity contribution is 9.10. The molecule has 0 bridgehead atoms. The molecule has 9 heteroatoms.